The molecule has 4 rings (SSSR count). The summed E-state index contributed by atoms with van der Waals surface area (Å²) in [5, 5.41) is 11.6. The van der Waals surface area contributed by atoms with Crippen LogP contribution in [0.1, 0.15) is 55.8 Å². The molecule has 2 aromatic carbocycles. The van der Waals surface area contributed by atoms with Crippen LogP contribution in [0.4, 0.5) is 0 Å². The number of hydrogen-bond acceptors (Lipinski definition) is 5. The lowest BCUT2D eigenvalue weighted by atomic mass is 9.94. The summed E-state index contributed by atoms with van der Waals surface area (Å²) >= 11 is 0. The first kappa shape index (κ1) is 21.7. The molecule has 1 unspecified atom stereocenters. The first-order chi connectivity index (χ1) is 15.4. The standard InChI is InChI=1S/C26H27NO5/c1-4-5-14-27-23(18-11-7-9-13-20(18)31-16(2)3)22(25(29)26(27)30)24(28)21-15-17-10-6-8-12-19(17)32-21/h6-13,15-16,23,29H,4-5,14H2,1-3H3. The van der Waals surface area contributed by atoms with Crippen LogP contribution in [0.3, 0.4) is 0 Å². The Morgan fingerprint density at radius 1 is 1.16 bits per heavy atom. The molecule has 166 valence electrons. The number of nitrogens with zero attached hydrogens (tertiary/aromatic N) is 1. The number of fused-ring (bicyclic) bond motifs is 1. The SMILES string of the molecule is CCCCN1C(=O)C(O)=C(C(=O)c2cc3ccccc3o2)C1c1ccccc1OC(C)C. The molecule has 1 amide bonds. The van der Waals surface area contributed by atoms with E-state index in [1.54, 1.807) is 17.0 Å². The van der Waals surface area contributed by atoms with E-state index < -0.39 is 23.5 Å². The van der Waals surface area contributed by atoms with Gasteiger partial charge in [0.25, 0.3) is 5.91 Å². The first-order valence-corrected chi connectivity index (χ1v) is 10.9. The van der Waals surface area contributed by atoms with Crippen molar-refractivity contribution in [3.63, 3.8) is 0 Å². The molecular formula is C26H27NO5. The summed E-state index contributed by atoms with van der Waals surface area (Å²) in [5.74, 6) is -0.926. The molecule has 0 saturated carbocycles. The van der Waals surface area contributed by atoms with Gasteiger partial charge in [-0.05, 0) is 38.5 Å². The van der Waals surface area contributed by atoms with Gasteiger partial charge in [0.05, 0.1) is 17.7 Å². The molecule has 1 aliphatic heterocycles. The largest absolute Gasteiger partial charge is 0.503 e. The number of hydrogen-bond donors (Lipinski definition) is 1. The van der Waals surface area contributed by atoms with Gasteiger partial charge in [-0.3, -0.25) is 9.59 Å². The summed E-state index contributed by atoms with van der Waals surface area (Å²) in [5.41, 5.74) is 1.25. The van der Waals surface area contributed by atoms with Crippen LogP contribution in [-0.2, 0) is 4.79 Å². The molecular weight excluding hydrogens is 406 g/mol. The third kappa shape index (κ3) is 3.88. The number of aliphatic hydroxyl groups excluding tert-OH is 1. The van der Waals surface area contributed by atoms with E-state index in [4.69, 9.17) is 9.15 Å². The van der Waals surface area contributed by atoms with Gasteiger partial charge in [0.1, 0.15) is 11.3 Å². The molecule has 0 radical (unpaired) electrons. The lowest BCUT2D eigenvalue weighted by Crippen LogP contribution is -2.32. The lowest BCUT2D eigenvalue weighted by Gasteiger charge is -2.28. The number of unbranched alkanes of at least 4 members (excludes halogenated alkanes) is 1. The highest BCUT2D eigenvalue weighted by Crippen LogP contribution is 2.43. The van der Waals surface area contributed by atoms with Crippen molar-refractivity contribution in [2.24, 2.45) is 0 Å². The second-order valence-corrected chi connectivity index (χ2v) is 8.20. The number of aliphatic hydroxyl groups is 1. The average molecular weight is 434 g/mol. The fourth-order valence-electron chi connectivity index (χ4n) is 4.06. The van der Waals surface area contributed by atoms with Crippen molar-refractivity contribution in [1.82, 2.24) is 4.90 Å². The molecule has 1 atom stereocenters. The summed E-state index contributed by atoms with van der Waals surface area (Å²) in [6.07, 6.45) is 1.52. The van der Waals surface area contributed by atoms with Crippen LogP contribution < -0.4 is 4.74 Å². The Hall–Kier alpha value is -3.54. The van der Waals surface area contributed by atoms with E-state index in [9.17, 15) is 14.7 Å². The molecule has 32 heavy (non-hydrogen) atoms. The molecule has 3 aromatic rings. The minimum Gasteiger partial charge on any atom is -0.503 e. The zero-order valence-electron chi connectivity index (χ0n) is 18.5. The van der Waals surface area contributed by atoms with Crippen LogP contribution in [0.5, 0.6) is 5.75 Å². The third-order valence-electron chi connectivity index (χ3n) is 5.53. The summed E-state index contributed by atoms with van der Waals surface area (Å²) in [6, 6.07) is 15.5. The number of Topliss-reactive ketones (excluding diaryl/α,β-unsaturated/α-hetero) is 1. The van der Waals surface area contributed by atoms with E-state index in [2.05, 4.69) is 0 Å². The highest BCUT2D eigenvalue weighted by molar-refractivity contribution is 6.16. The Labute approximate surface area is 187 Å². The number of ketones is 1. The lowest BCUT2D eigenvalue weighted by molar-refractivity contribution is -0.129. The molecule has 2 heterocycles. The molecule has 0 spiro atoms. The monoisotopic (exact) mass is 433 g/mol. The second kappa shape index (κ2) is 8.91. The maximum absolute atomic E-state index is 13.6. The van der Waals surface area contributed by atoms with Crippen molar-refractivity contribution in [3.05, 3.63) is 77.3 Å². The van der Waals surface area contributed by atoms with E-state index in [0.29, 0.717) is 23.4 Å². The highest BCUT2D eigenvalue weighted by atomic mass is 16.5. The molecule has 0 bridgehead atoms. The van der Waals surface area contributed by atoms with Crippen LogP contribution in [0.2, 0.25) is 0 Å². The normalized spacial score (nSPS) is 16.4. The van der Waals surface area contributed by atoms with E-state index in [0.717, 1.165) is 18.2 Å². The summed E-state index contributed by atoms with van der Waals surface area (Å²) in [7, 11) is 0. The predicted octanol–water partition coefficient (Wildman–Crippen LogP) is 5.60. The molecule has 0 saturated heterocycles. The number of rotatable bonds is 8. The number of ether oxygens (including phenoxy) is 1. The average Bonchev–Trinajstić information content (AvgIpc) is 3.31. The third-order valence-corrected chi connectivity index (χ3v) is 5.53. The number of carbonyl (C=O) groups is 2. The number of carbonyl (C=O) groups excluding carboxylic acids is 2. The summed E-state index contributed by atoms with van der Waals surface area (Å²) in [6.45, 7) is 6.27. The number of benzene rings is 2. The van der Waals surface area contributed by atoms with E-state index >= 15 is 0 Å². The zero-order chi connectivity index (χ0) is 22.8. The predicted molar refractivity (Wildman–Crippen MR) is 122 cm³/mol. The van der Waals surface area contributed by atoms with E-state index in [1.165, 1.54) is 0 Å². The molecule has 6 nitrogen and oxygen atoms in total. The van der Waals surface area contributed by atoms with Crippen LogP contribution in [-0.4, -0.2) is 34.3 Å². The zero-order valence-corrected chi connectivity index (χ0v) is 18.5. The van der Waals surface area contributed by atoms with Crippen LogP contribution in [0.25, 0.3) is 11.0 Å². The van der Waals surface area contributed by atoms with Gasteiger partial charge in [-0.2, -0.15) is 0 Å². The quantitative estimate of drug-likeness (QED) is 0.468. The van der Waals surface area contributed by atoms with Gasteiger partial charge in [0, 0.05) is 17.5 Å². The van der Waals surface area contributed by atoms with Crippen LogP contribution in [0, 0.1) is 0 Å². The maximum atomic E-state index is 13.6. The van der Waals surface area contributed by atoms with Gasteiger partial charge in [-0.15, -0.1) is 0 Å². The van der Waals surface area contributed by atoms with Gasteiger partial charge in [0.2, 0.25) is 5.78 Å². The topological polar surface area (TPSA) is 80.0 Å². The van der Waals surface area contributed by atoms with Gasteiger partial charge < -0.3 is 19.2 Å². The second-order valence-electron chi connectivity index (χ2n) is 8.20. The molecule has 1 aromatic heterocycles. The van der Waals surface area contributed by atoms with Gasteiger partial charge in [0.15, 0.2) is 11.5 Å². The van der Waals surface area contributed by atoms with Gasteiger partial charge in [-0.25, -0.2) is 0 Å². The number of amides is 1. The van der Waals surface area contributed by atoms with Crippen molar-refractivity contribution in [1.29, 1.82) is 0 Å². The molecule has 6 heteroatoms. The van der Waals surface area contributed by atoms with Crippen molar-refractivity contribution < 1.29 is 23.8 Å². The van der Waals surface area contributed by atoms with Gasteiger partial charge >= 0.3 is 0 Å². The van der Waals surface area contributed by atoms with Crippen molar-refractivity contribution in [2.75, 3.05) is 6.54 Å². The van der Waals surface area contributed by atoms with Gasteiger partial charge in [-0.1, -0.05) is 49.7 Å². The minimum absolute atomic E-state index is 0.0185. The number of para-hydroxylation sites is 2. The van der Waals surface area contributed by atoms with Crippen molar-refractivity contribution >= 4 is 22.7 Å². The maximum Gasteiger partial charge on any atom is 0.290 e. The van der Waals surface area contributed by atoms with Crippen molar-refractivity contribution in [2.45, 2.75) is 45.8 Å². The fraction of sp³-hybridized carbons (Fsp3) is 0.308. The first-order valence-electron chi connectivity index (χ1n) is 10.9. The van der Waals surface area contributed by atoms with Crippen LogP contribution in [0.15, 0.2) is 70.3 Å². The highest BCUT2D eigenvalue weighted by Gasteiger charge is 2.45. The molecule has 0 fully saturated rings. The van der Waals surface area contributed by atoms with E-state index in [1.807, 2.05) is 63.2 Å². The summed E-state index contributed by atoms with van der Waals surface area (Å²) in [4.78, 5) is 28.2. The molecule has 1 N–H and O–H groups in total. The Morgan fingerprint density at radius 2 is 1.88 bits per heavy atom. The van der Waals surface area contributed by atoms with Crippen LogP contribution >= 0.6 is 0 Å². The molecule has 1 aliphatic rings. The summed E-state index contributed by atoms with van der Waals surface area (Å²) < 4.78 is 11.8. The van der Waals surface area contributed by atoms with Crippen molar-refractivity contribution in [3.8, 4) is 5.75 Å². The Morgan fingerprint density at radius 3 is 2.59 bits per heavy atom. The minimum atomic E-state index is -0.760. The fourth-order valence-corrected chi connectivity index (χ4v) is 4.06. The molecule has 0 aliphatic carbocycles. The Balaban J connectivity index is 1.83. The number of furan rings is 1. The smallest absolute Gasteiger partial charge is 0.290 e. The Kier molecular flexibility index (Phi) is 6.04. The van der Waals surface area contributed by atoms with E-state index in [-0.39, 0.29) is 17.4 Å². The Bertz CT molecular complexity index is 1160.